The van der Waals surface area contributed by atoms with Crippen LogP contribution < -0.4 is 14.2 Å². The molecule has 0 saturated carbocycles. The topological polar surface area (TPSA) is 57.2 Å². The zero-order valence-corrected chi connectivity index (χ0v) is 14.9. The predicted molar refractivity (Wildman–Crippen MR) is 91.7 cm³/mol. The summed E-state index contributed by atoms with van der Waals surface area (Å²) in [7, 11) is 4.68. The minimum atomic E-state index is -0.0363. The van der Waals surface area contributed by atoms with Gasteiger partial charge in [-0.15, -0.1) is 0 Å². The highest BCUT2D eigenvalue weighted by molar-refractivity contribution is 5.92. The zero-order valence-electron chi connectivity index (χ0n) is 14.9. The monoisotopic (exact) mass is 335 g/mol. The number of carbonyl (C=O) groups excluding carboxylic acids is 1. The molecule has 1 saturated heterocycles. The molecule has 1 fully saturated rings. The van der Waals surface area contributed by atoms with Crippen LogP contribution in [0.15, 0.2) is 18.2 Å². The molecule has 6 heteroatoms. The van der Waals surface area contributed by atoms with Crippen molar-refractivity contribution in [1.29, 1.82) is 0 Å². The maximum atomic E-state index is 12.4. The zero-order chi connectivity index (χ0) is 17.7. The van der Waals surface area contributed by atoms with E-state index in [2.05, 4.69) is 0 Å². The lowest BCUT2D eigenvalue weighted by molar-refractivity contribution is -0.137. The maximum Gasteiger partial charge on any atom is 0.246 e. The number of methoxy groups -OCH3 is 3. The number of morpholine rings is 1. The number of nitrogens with zero attached hydrogens (tertiary/aromatic N) is 1. The van der Waals surface area contributed by atoms with Crippen LogP contribution in [-0.4, -0.2) is 57.4 Å². The fourth-order valence-electron chi connectivity index (χ4n) is 2.83. The number of carbonyl (C=O) groups is 1. The lowest BCUT2D eigenvalue weighted by Gasteiger charge is -2.34. The van der Waals surface area contributed by atoms with Gasteiger partial charge in [-0.05, 0) is 37.6 Å². The van der Waals surface area contributed by atoms with Gasteiger partial charge in [0.1, 0.15) is 0 Å². The molecule has 1 aliphatic heterocycles. The number of amides is 1. The standard InChI is InChI=1S/C18H25NO5/c1-12-10-19(11-13(2)24-12)17(20)7-6-14-8-15(21-3)18(23-5)16(9-14)22-4/h6-9,12-13H,10-11H2,1-5H3/b7-6+/t12-,13+. The van der Waals surface area contributed by atoms with Crippen molar-refractivity contribution in [2.24, 2.45) is 0 Å². The van der Waals surface area contributed by atoms with E-state index in [1.54, 1.807) is 50.5 Å². The van der Waals surface area contributed by atoms with Crippen LogP contribution in [0, 0.1) is 0 Å². The van der Waals surface area contributed by atoms with Gasteiger partial charge in [-0.2, -0.15) is 0 Å². The molecule has 2 rings (SSSR count). The first-order valence-corrected chi connectivity index (χ1v) is 7.91. The van der Waals surface area contributed by atoms with Crippen LogP contribution >= 0.6 is 0 Å². The van der Waals surface area contributed by atoms with Gasteiger partial charge in [0.05, 0.1) is 33.5 Å². The minimum absolute atomic E-state index is 0.0363. The molecule has 0 radical (unpaired) electrons. The summed E-state index contributed by atoms with van der Waals surface area (Å²) in [5, 5.41) is 0. The molecule has 1 amide bonds. The lowest BCUT2D eigenvalue weighted by atomic mass is 10.1. The molecular formula is C18H25NO5. The van der Waals surface area contributed by atoms with Crippen LogP contribution in [0.5, 0.6) is 17.2 Å². The Hall–Kier alpha value is -2.21. The van der Waals surface area contributed by atoms with Crippen LogP contribution in [0.1, 0.15) is 19.4 Å². The Kier molecular flexibility index (Phi) is 6.09. The Morgan fingerprint density at radius 1 is 1.08 bits per heavy atom. The van der Waals surface area contributed by atoms with Gasteiger partial charge in [-0.1, -0.05) is 0 Å². The maximum absolute atomic E-state index is 12.4. The summed E-state index contributed by atoms with van der Waals surface area (Å²) in [5.74, 6) is 1.60. The van der Waals surface area contributed by atoms with Crippen molar-refractivity contribution in [2.75, 3.05) is 34.4 Å². The first-order chi connectivity index (χ1) is 11.5. The third kappa shape index (κ3) is 4.20. The third-order valence-corrected chi connectivity index (χ3v) is 3.84. The van der Waals surface area contributed by atoms with E-state index in [9.17, 15) is 4.79 Å². The van der Waals surface area contributed by atoms with Gasteiger partial charge >= 0.3 is 0 Å². The Morgan fingerprint density at radius 2 is 1.62 bits per heavy atom. The largest absolute Gasteiger partial charge is 0.493 e. The SMILES string of the molecule is COc1cc(/C=C/C(=O)N2C[C@@H](C)O[C@@H](C)C2)cc(OC)c1OC. The van der Waals surface area contributed by atoms with Crippen molar-refractivity contribution in [1.82, 2.24) is 4.90 Å². The number of ether oxygens (including phenoxy) is 4. The second kappa shape index (κ2) is 8.06. The highest BCUT2D eigenvalue weighted by Gasteiger charge is 2.24. The minimum Gasteiger partial charge on any atom is -0.493 e. The molecule has 1 heterocycles. The second-order valence-electron chi connectivity index (χ2n) is 5.79. The fraction of sp³-hybridized carbons (Fsp3) is 0.500. The van der Waals surface area contributed by atoms with Crippen molar-refractivity contribution >= 4 is 12.0 Å². The van der Waals surface area contributed by atoms with E-state index < -0.39 is 0 Å². The van der Waals surface area contributed by atoms with Crippen LogP contribution in [0.25, 0.3) is 6.08 Å². The smallest absolute Gasteiger partial charge is 0.246 e. The molecular weight excluding hydrogens is 310 g/mol. The normalized spacial score (nSPS) is 21.0. The Balaban J connectivity index is 2.17. The van der Waals surface area contributed by atoms with Gasteiger partial charge in [0.15, 0.2) is 11.5 Å². The molecule has 0 N–H and O–H groups in total. The summed E-state index contributed by atoms with van der Waals surface area (Å²) in [6.07, 6.45) is 3.41. The summed E-state index contributed by atoms with van der Waals surface area (Å²) < 4.78 is 21.6. The molecule has 0 aliphatic carbocycles. The molecule has 1 aliphatic rings. The van der Waals surface area contributed by atoms with Gasteiger partial charge in [0.2, 0.25) is 11.7 Å². The first-order valence-electron chi connectivity index (χ1n) is 7.91. The summed E-state index contributed by atoms with van der Waals surface area (Å²) in [6, 6.07) is 3.60. The molecule has 132 valence electrons. The molecule has 24 heavy (non-hydrogen) atoms. The summed E-state index contributed by atoms with van der Waals surface area (Å²) in [5.41, 5.74) is 0.798. The van der Waals surface area contributed by atoms with Gasteiger partial charge in [0.25, 0.3) is 0 Å². The molecule has 0 bridgehead atoms. The lowest BCUT2D eigenvalue weighted by Crippen LogP contribution is -2.47. The number of rotatable bonds is 5. The van der Waals surface area contributed by atoms with Crippen molar-refractivity contribution in [3.63, 3.8) is 0 Å². The Morgan fingerprint density at radius 3 is 2.08 bits per heavy atom. The highest BCUT2D eigenvalue weighted by atomic mass is 16.5. The van der Waals surface area contributed by atoms with Crippen LogP contribution in [-0.2, 0) is 9.53 Å². The third-order valence-electron chi connectivity index (χ3n) is 3.84. The number of hydrogen-bond acceptors (Lipinski definition) is 5. The Labute approximate surface area is 142 Å². The summed E-state index contributed by atoms with van der Waals surface area (Å²) in [6.45, 7) is 5.14. The first kappa shape index (κ1) is 18.1. The molecule has 0 spiro atoms. The van der Waals surface area contributed by atoms with Gasteiger partial charge < -0.3 is 23.8 Å². The number of hydrogen-bond donors (Lipinski definition) is 0. The molecule has 1 aromatic rings. The van der Waals surface area contributed by atoms with Crippen molar-refractivity contribution in [3.8, 4) is 17.2 Å². The predicted octanol–water partition coefficient (Wildman–Crippen LogP) is 2.36. The van der Waals surface area contributed by atoms with E-state index in [0.29, 0.717) is 30.3 Å². The fourth-order valence-corrected chi connectivity index (χ4v) is 2.83. The molecule has 6 nitrogen and oxygen atoms in total. The molecule has 0 unspecified atom stereocenters. The quantitative estimate of drug-likeness (QED) is 0.773. The van der Waals surface area contributed by atoms with E-state index >= 15 is 0 Å². The molecule has 1 aromatic carbocycles. The number of benzene rings is 1. The summed E-state index contributed by atoms with van der Waals surface area (Å²) >= 11 is 0. The summed E-state index contributed by atoms with van der Waals surface area (Å²) in [4.78, 5) is 14.2. The van der Waals surface area contributed by atoms with Crippen LogP contribution in [0.2, 0.25) is 0 Å². The van der Waals surface area contributed by atoms with E-state index in [1.165, 1.54) is 0 Å². The van der Waals surface area contributed by atoms with Gasteiger partial charge in [-0.25, -0.2) is 0 Å². The average molecular weight is 335 g/mol. The van der Waals surface area contributed by atoms with Crippen molar-refractivity contribution < 1.29 is 23.7 Å². The van der Waals surface area contributed by atoms with E-state index in [4.69, 9.17) is 18.9 Å². The second-order valence-corrected chi connectivity index (χ2v) is 5.79. The van der Waals surface area contributed by atoms with Crippen molar-refractivity contribution in [3.05, 3.63) is 23.8 Å². The Bertz CT molecular complexity index is 578. The van der Waals surface area contributed by atoms with E-state index in [0.717, 1.165) is 5.56 Å². The van der Waals surface area contributed by atoms with Crippen LogP contribution in [0.4, 0.5) is 0 Å². The van der Waals surface area contributed by atoms with E-state index in [1.807, 2.05) is 13.8 Å². The van der Waals surface area contributed by atoms with E-state index in [-0.39, 0.29) is 18.1 Å². The van der Waals surface area contributed by atoms with Crippen LogP contribution in [0.3, 0.4) is 0 Å². The molecule has 0 aromatic heterocycles. The van der Waals surface area contributed by atoms with Crippen molar-refractivity contribution in [2.45, 2.75) is 26.1 Å². The molecule has 2 atom stereocenters. The van der Waals surface area contributed by atoms with Gasteiger partial charge in [-0.3, -0.25) is 4.79 Å². The van der Waals surface area contributed by atoms with Gasteiger partial charge in [0, 0.05) is 19.2 Å². The highest BCUT2D eigenvalue weighted by Crippen LogP contribution is 2.38. The average Bonchev–Trinajstić information content (AvgIpc) is 2.57.